The molecule has 0 aliphatic carbocycles. The van der Waals surface area contributed by atoms with Crippen LogP contribution in [-0.4, -0.2) is 16.7 Å². The monoisotopic (exact) mass is 157 g/mol. The van der Waals surface area contributed by atoms with Crippen LogP contribution in [0.3, 0.4) is 0 Å². The van der Waals surface area contributed by atoms with Crippen molar-refractivity contribution in [3.05, 3.63) is 0 Å². The average molecular weight is 157 g/mol. The highest BCUT2D eigenvalue weighted by Gasteiger charge is 2.51. The molecule has 0 unspecified atom stereocenters. The van der Waals surface area contributed by atoms with E-state index in [1.807, 2.05) is 0 Å². The summed E-state index contributed by atoms with van der Waals surface area (Å²) in [6, 6.07) is 0. The summed E-state index contributed by atoms with van der Waals surface area (Å²) < 4.78 is 5.83. The Balaban J connectivity index is 2.89. The standard InChI is InChI=1S/C9H19NO/c1-7(2)6-9(5,10)8(3,4)11-7/h6,10H2,1-5H3/t9-/m0/s1. The van der Waals surface area contributed by atoms with Crippen LogP contribution in [0.25, 0.3) is 0 Å². The van der Waals surface area contributed by atoms with Gasteiger partial charge in [0.15, 0.2) is 0 Å². The van der Waals surface area contributed by atoms with Crippen molar-refractivity contribution in [2.24, 2.45) is 5.73 Å². The summed E-state index contributed by atoms with van der Waals surface area (Å²) in [6.45, 7) is 10.4. The van der Waals surface area contributed by atoms with Crippen LogP contribution in [0.4, 0.5) is 0 Å². The van der Waals surface area contributed by atoms with Gasteiger partial charge < -0.3 is 10.5 Å². The molecule has 1 saturated heterocycles. The van der Waals surface area contributed by atoms with E-state index >= 15 is 0 Å². The fourth-order valence-electron chi connectivity index (χ4n) is 1.94. The van der Waals surface area contributed by atoms with Crippen LogP contribution in [0.15, 0.2) is 0 Å². The average Bonchev–Trinajstić information content (AvgIpc) is 1.66. The van der Waals surface area contributed by atoms with Crippen LogP contribution in [0.5, 0.6) is 0 Å². The van der Waals surface area contributed by atoms with E-state index in [0.29, 0.717) is 0 Å². The topological polar surface area (TPSA) is 35.2 Å². The first-order chi connectivity index (χ1) is 4.66. The molecule has 0 aromatic carbocycles. The lowest BCUT2D eigenvalue weighted by atomic mass is 9.82. The van der Waals surface area contributed by atoms with E-state index in [-0.39, 0.29) is 16.7 Å². The van der Waals surface area contributed by atoms with Gasteiger partial charge in [0.1, 0.15) is 0 Å². The summed E-state index contributed by atoms with van der Waals surface area (Å²) in [4.78, 5) is 0. The van der Waals surface area contributed by atoms with Crippen molar-refractivity contribution >= 4 is 0 Å². The molecule has 0 radical (unpaired) electrons. The predicted octanol–water partition coefficient (Wildman–Crippen LogP) is 1.68. The van der Waals surface area contributed by atoms with Gasteiger partial charge in [-0.2, -0.15) is 0 Å². The molecule has 11 heavy (non-hydrogen) atoms. The zero-order valence-corrected chi connectivity index (χ0v) is 8.19. The quantitative estimate of drug-likeness (QED) is 0.580. The van der Waals surface area contributed by atoms with Gasteiger partial charge in [-0.3, -0.25) is 0 Å². The first kappa shape index (κ1) is 9.01. The van der Waals surface area contributed by atoms with Crippen molar-refractivity contribution in [3.63, 3.8) is 0 Å². The second kappa shape index (κ2) is 1.99. The second-order valence-corrected chi connectivity index (χ2v) is 4.97. The fraction of sp³-hybridized carbons (Fsp3) is 1.00. The second-order valence-electron chi connectivity index (χ2n) is 4.97. The maximum absolute atomic E-state index is 6.11. The number of ether oxygens (including phenoxy) is 1. The van der Waals surface area contributed by atoms with E-state index in [0.717, 1.165) is 6.42 Å². The Labute approximate surface area is 69.1 Å². The maximum Gasteiger partial charge on any atom is 0.0810 e. The highest BCUT2D eigenvalue weighted by atomic mass is 16.5. The summed E-state index contributed by atoms with van der Waals surface area (Å²) in [7, 11) is 0. The van der Waals surface area contributed by atoms with Crippen LogP contribution in [0, 0.1) is 0 Å². The van der Waals surface area contributed by atoms with Gasteiger partial charge in [0.2, 0.25) is 0 Å². The molecule has 1 aliphatic heterocycles. The third-order valence-electron chi connectivity index (χ3n) is 2.70. The molecule has 2 N–H and O–H groups in total. The number of nitrogens with two attached hydrogens (primary N) is 1. The Morgan fingerprint density at radius 3 is 1.64 bits per heavy atom. The van der Waals surface area contributed by atoms with E-state index in [9.17, 15) is 0 Å². The molecule has 1 fully saturated rings. The van der Waals surface area contributed by atoms with Gasteiger partial charge in [0.05, 0.1) is 11.2 Å². The Hall–Kier alpha value is -0.0800. The number of hydrogen-bond acceptors (Lipinski definition) is 2. The SMILES string of the molecule is CC1(C)C[C@](C)(N)C(C)(C)O1. The Kier molecular flexibility index (Phi) is 1.63. The first-order valence-electron chi connectivity index (χ1n) is 4.15. The van der Waals surface area contributed by atoms with E-state index in [1.54, 1.807) is 0 Å². The summed E-state index contributed by atoms with van der Waals surface area (Å²) in [5, 5.41) is 0. The molecule has 66 valence electrons. The molecule has 1 rings (SSSR count). The van der Waals surface area contributed by atoms with E-state index < -0.39 is 0 Å². The Morgan fingerprint density at radius 2 is 1.55 bits per heavy atom. The highest BCUT2D eigenvalue weighted by molar-refractivity contribution is 5.06. The molecule has 0 spiro atoms. The maximum atomic E-state index is 6.11. The van der Waals surface area contributed by atoms with Gasteiger partial charge in [0, 0.05) is 5.54 Å². The van der Waals surface area contributed by atoms with Crippen LogP contribution >= 0.6 is 0 Å². The molecule has 1 atom stereocenters. The lowest BCUT2D eigenvalue weighted by molar-refractivity contribution is -0.0767. The van der Waals surface area contributed by atoms with Gasteiger partial charge in [-0.05, 0) is 41.0 Å². The van der Waals surface area contributed by atoms with Crippen molar-refractivity contribution in [1.29, 1.82) is 0 Å². The van der Waals surface area contributed by atoms with Gasteiger partial charge in [-0.1, -0.05) is 0 Å². The largest absolute Gasteiger partial charge is 0.368 e. The van der Waals surface area contributed by atoms with Gasteiger partial charge >= 0.3 is 0 Å². The summed E-state index contributed by atoms with van der Waals surface area (Å²) in [5.74, 6) is 0. The van der Waals surface area contributed by atoms with Crippen molar-refractivity contribution in [3.8, 4) is 0 Å². The zero-order chi connectivity index (χ0) is 8.91. The molecular weight excluding hydrogens is 138 g/mol. The number of rotatable bonds is 0. The lowest BCUT2D eigenvalue weighted by Crippen LogP contribution is -2.51. The smallest absolute Gasteiger partial charge is 0.0810 e. The van der Waals surface area contributed by atoms with Crippen LogP contribution in [0.1, 0.15) is 41.0 Å². The van der Waals surface area contributed by atoms with E-state index in [2.05, 4.69) is 34.6 Å². The molecule has 0 amide bonds. The highest BCUT2D eigenvalue weighted by Crippen LogP contribution is 2.42. The molecular formula is C9H19NO. The van der Waals surface area contributed by atoms with Gasteiger partial charge in [0.25, 0.3) is 0 Å². The predicted molar refractivity (Wildman–Crippen MR) is 46.5 cm³/mol. The molecule has 1 aliphatic rings. The minimum Gasteiger partial charge on any atom is -0.368 e. The van der Waals surface area contributed by atoms with E-state index in [1.165, 1.54) is 0 Å². The normalized spacial score (nSPS) is 40.9. The van der Waals surface area contributed by atoms with Crippen LogP contribution < -0.4 is 5.73 Å². The molecule has 0 aromatic rings. The molecule has 2 heteroatoms. The summed E-state index contributed by atoms with van der Waals surface area (Å²) in [5.41, 5.74) is 5.65. The van der Waals surface area contributed by atoms with Gasteiger partial charge in [-0.15, -0.1) is 0 Å². The third kappa shape index (κ3) is 1.42. The first-order valence-corrected chi connectivity index (χ1v) is 4.15. The fourth-order valence-corrected chi connectivity index (χ4v) is 1.94. The van der Waals surface area contributed by atoms with Crippen LogP contribution in [0.2, 0.25) is 0 Å². The molecule has 0 bridgehead atoms. The lowest BCUT2D eigenvalue weighted by Gasteiger charge is -2.32. The van der Waals surface area contributed by atoms with Crippen molar-refractivity contribution in [2.75, 3.05) is 0 Å². The van der Waals surface area contributed by atoms with E-state index in [4.69, 9.17) is 10.5 Å². The Bertz CT molecular complexity index is 152. The minimum absolute atomic E-state index is 0.0625. The van der Waals surface area contributed by atoms with Crippen molar-refractivity contribution in [2.45, 2.75) is 57.8 Å². The van der Waals surface area contributed by atoms with Crippen LogP contribution in [-0.2, 0) is 4.74 Å². The summed E-state index contributed by atoms with van der Waals surface area (Å²) >= 11 is 0. The van der Waals surface area contributed by atoms with Gasteiger partial charge in [-0.25, -0.2) is 0 Å². The zero-order valence-electron chi connectivity index (χ0n) is 8.19. The van der Waals surface area contributed by atoms with Crippen molar-refractivity contribution < 1.29 is 4.74 Å². The molecule has 0 aromatic heterocycles. The van der Waals surface area contributed by atoms with Crippen molar-refractivity contribution in [1.82, 2.24) is 0 Å². The third-order valence-corrected chi connectivity index (χ3v) is 2.70. The molecule has 1 heterocycles. The molecule has 0 saturated carbocycles. The Morgan fingerprint density at radius 1 is 1.09 bits per heavy atom. The number of hydrogen-bond donors (Lipinski definition) is 1. The minimum atomic E-state index is -0.198. The summed E-state index contributed by atoms with van der Waals surface area (Å²) in [6.07, 6.45) is 0.924. The molecule has 2 nitrogen and oxygen atoms in total.